The van der Waals surface area contributed by atoms with E-state index in [0.29, 0.717) is 0 Å². The van der Waals surface area contributed by atoms with Gasteiger partial charge in [0.25, 0.3) is 0 Å². The van der Waals surface area contributed by atoms with Crippen LogP contribution in [0.15, 0.2) is 24.3 Å². The molecule has 2 amide bonds. The first-order valence-corrected chi connectivity index (χ1v) is 11.7. The van der Waals surface area contributed by atoms with Crippen molar-refractivity contribution in [3.05, 3.63) is 34.9 Å². The van der Waals surface area contributed by atoms with E-state index in [4.69, 9.17) is 16.3 Å². The van der Waals surface area contributed by atoms with Crippen molar-refractivity contribution in [1.29, 1.82) is 0 Å². The van der Waals surface area contributed by atoms with Gasteiger partial charge in [0.05, 0.1) is 6.61 Å². The number of hydrogen-bond acceptors (Lipinski definition) is 5. The van der Waals surface area contributed by atoms with Gasteiger partial charge >= 0.3 is 5.97 Å². The molecule has 1 aliphatic rings. The highest BCUT2D eigenvalue weighted by Crippen LogP contribution is 2.35. The Hall–Kier alpha value is -2.12. The summed E-state index contributed by atoms with van der Waals surface area (Å²) in [6.45, 7) is 3.54. The normalized spacial score (nSPS) is 21.6. The van der Waals surface area contributed by atoms with Gasteiger partial charge in [0.2, 0.25) is 11.8 Å². The van der Waals surface area contributed by atoms with Gasteiger partial charge in [-0.1, -0.05) is 23.7 Å². The molecule has 2 N–H and O–H groups in total. The third kappa shape index (κ3) is 7.78. The molecule has 0 bridgehead atoms. The Kier molecular flexibility index (Phi) is 9.97. The molecule has 1 aromatic carbocycles. The molecule has 0 spiro atoms. The van der Waals surface area contributed by atoms with E-state index in [1.54, 1.807) is 13.8 Å². The predicted molar refractivity (Wildman–Crippen MR) is 125 cm³/mol. The summed E-state index contributed by atoms with van der Waals surface area (Å²) in [5.41, 5.74) is 1.26. The van der Waals surface area contributed by atoms with E-state index in [1.807, 2.05) is 18.2 Å². The molecule has 1 saturated carbocycles. The van der Waals surface area contributed by atoms with Crippen LogP contribution in [0.4, 0.5) is 0 Å². The number of nitrogens with zero attached hydrogens (tertiary/aromatic N) is 1. The van der Waals surface area contributed by atoms with E-state index in [-0.39, 0.29) is 42.8 Å². The van der Waals surface area contributed by atoms with E-state index in [1.165, 1.54) is 5.56 Å². The molecule has 1 unspecified atom stereocenters. The number of esters is 1. The lowest BCUT2D eigenvalue weighted by molar-refractivity contribution is -0.146. The van der Waals surface area contributed by atoms with Crippen LogP contribution in [-0.4, -0.2) is 61.0 Å². The maximum absolute atomic E-state index is 12.4. The lowest BCUT2D eigenvalue weighted by atomic mass is 9.75. The van der Waals surface area contributed by atoms with Crippen LogP contribution in [0.25, 0.3) is 0 Å². The lowest BCUT2D eigenvalue weighted by Crippen LogP contribution is -2.52. The van der Waals surface area contributed by atoms with Crippen molar-refractivity contribution in [1.82, 2.24) is 15.5 Å². The van der Waals surface area contributed by atoms with Crippen molar-refractivity contribution in [3.8, 4) is 0 Å². The average Bonchev–Trinajstić information content (AvgIpc) is 2.74. The molecular weight excluding hydrogens is 430 g/mol. The average molecular weight is 466 g/mol. The highest BCUT2D eigenvalue weighted by atomic mass is 35.5. The van der Waals surface area contributed by atoms with Crippen molar-refractivity contribution >= 4 is 29.4 Å². The summed E-state index contributed by atoms with van der Waals surface area (Å²) < 4.78 is 4.86. The summed E-state index contributed by atoms with van der Waals surface area (Å²) >= 11 is 6.16. The van der Waals surface area contributed by atoms with Gasteiger partial charge in [-0.25, -0.2) is 4.79 Å². The van der Waals surface area contributed by atoms with Crippen LogP contribution in [-0.2, 0) is 25.5 Å². The summed E-state index contributed by atoms with van der Waals surface area (Å²) in [5.74, 6) is -0.951. The molecule has 7 nitrogen and oxygen atoms in total. The molecule has 2 rings (SSSR count). The quantitative estimate of drug-likeness (QED) is 0.518. The van der Waals surface area contributed by atoms with Crippen LogP contribution in [0.3, 0.4) is 0 Å². The lowest BCUT2D eigenvalue weighted by Gasteiger charge is -2.45. The number of rotatable bonds is 10. The topological polar surface area (TPSA) is 87.7 Å². The molecule has 32 heavy (non-hydrogen) atoms. The van der Waals surface area contributed by atoms with Crippen molar-refractivity contribution in [3.63, 3.8) is 0 Å². The van der Waals surface area contributed by atoms with Crippen LogP contribution >= 0.6 is 11.6 Å². The second kappa shape index (κ2) is 12.2. The number of nitrogens with one attached hydrogen (secondary N) is 2. The number of carbonyl (C=O) groups excluding carboxylic acids is 3. The van der Waals surface area contributed by atoms with Crippen molar-refractivity contribution in [2.24, 2.45) is 0 Å². The third-order valence-electron chi connectivity index (χ3n) is 6.25. The Balaban J connectivity index is 1.79. The summed E-state index contributed by atoms with van der Waals surface area (Å²) in [6, 6.07) is 7.39. The molecule has 1 aromatic rings. The fraction of sp³-hybridized carbons (Fsp3) is 0.625. The molecule has 0 aromatic heterocycles. The van der Waals surface area contributed by atoms with E-state index in [9.17, 15) is 14.4 Å². The van der Waals surface area contributed by atoms with Gasteiger partial charge in [-0.15, -0.1) is 0 Å². The Labute approximate surface area is 196 Å². The van der Waals surface area contributed by atoms with Gasteiger partial charge < -0.3 is 20.3 Å². The van der Waals surface area contributed by atoms with Crippen molar-refractivity contribution < 1.29 is 19.1 Å². The minimum Gasteiger partial charge on any atom is -0.464 e. The van der Waals surface area contributed by atoms with E-state index in [0.717, 1.165) is 37.1 Å². The highest BCUT2D eigenvalue weighted by molar-refractivity contribution is 6.30. The second-order valence-corrected chi connectivity index (χ2v) is 9.24. The third-order valence-corrected chi connectivity index (χ3v) is 6.48. The largest absolute Gasteiger partial charge is 0.464 e. The monoisotopic (exact) mass is 465 g/mol. The highest BCUT2D eigenvalue weighted by Gasteiger charge is 2.37. The number of benzene rings is 1. The number of hydrogen-bond donors (Lipinski definition) is 2. The smallest absolute Gasteiger partial charge is 0.328 e. The summed E-state index contributed by atoms with van der Waals surface area (Å²) in [4.78, 5) is 38.2. The predicted octanol–water partition coefficient (Wildman–Crippen LogP) is 3.09. The Bertz CT molecular complexity index is 791. The van der Waals surface area contributed by atoms with Crippen molar-refractivity contribution in [2.45, 2.75) is 76.4 Å². The SMILES string of the molecule is CCOC(=O)C(C)NC(=O)CCC(=O)NC1CCC(Cc2cccc(Cl)c2)(N(C)C)CC1. The van der Waals surface area contributed by atoms with Gasteiger partial charge in [0.15, 0.2) is 0 Å². The second-order valence-electron chi connectivity index (χ2n) is 8.81. The molecule has 1 atom stereocenters. The first kappa shape index (κ1) is 26.1. The van der Waals surface area contributed by atoms with E-state index in [2.05, 4.69) is 35.7 Å². The maximum Gasteiger partial charge on any atom is 0.328 e. The van der Waals surface area contributed by atoms with Gasteiger partial charge in [0.1, 0.15) is 6.04 Å². The van der Waals surface area contributed by atoms with Gasteiger partial charge in [0, 0.05) is 29.4 Å². The van der Waals surface area contributed by atoms with Crippen LogP contribution in [0.1, 0.15) is 57.9 Å². The van der Waals surface area contributed by atoms with Crippen LogP contribution in [0, 0.1) is 0 Å². The Morgan fingerprint density at radius 3 is 2.44 bits per heavy atom. The first-order valence-electron chi connectivity index (χ1n) is 11.3. The van der Waals surface area contributed by atoms with E-state index < -0.39 is 12.0 Å². The minimum absolute atomic E-state index is 0.0367. The maximum atomic E-state index is 12.4. The molecule has 0 saturated heterocycles. The number of amides is 2. The molecule has 8 heteroatoms. The molecule has 1 fully saturated rings. The molecule has 0 aliphatic heterocycles. The standard InChI is InChI=1S/C24H36ClN3O4/c1-5-32-23(31)17(2)26-21(29)9-10-22(30)27-20-11-13-24(14-12-20,28(3)4)16-18-7-6-8-19(25)15-18/h6-8,15,17,20H,5,9-14,16H2,1-4H3,(H,26,29)(H,27,30). The fourth-order valence-corrected chi connectivity index (χ4v) is 4.49. The summed E-state index contributed by atoms with van der Waals surface area (Å²) in [5, 5.41) is 6.38. The summed E-state index contributed by atoms with van der Waals surface area (Å²) in [6.07, 6.45) is 4.76. The summed E-state index contributed by atoms with van der Waals surface area (Å²) in [7, 11) is 4.22. The van der Waals surface area contributed by atoms with Crippen LogP contribution < -0.4 is 10.6 Å². The zero-order valence-corrected chi connectivity index (χ0v) is 20.3. The Morgan fingerprint density at radius 1 is 1.19 bits per heavy atom. The number of likely N-dealkylation sites (N-methyl/N-ethyl adjacent to an activating group) is 1. The van der Waals surface area contributed by atoms with Gasteiger partial charge in [-0.05, 0) is 77.7 Å². The fourth-order valence-electron chi connectivity index (χ4n) is 4.28. The van der Waals surface area contributed by atoms with Crippen LogP contribution in [0.2, 0.25) is 5.02 Å². The van der Waals surface area contributed by atoms with E-state index >= 15 is 0 Å². The number of carbonyl (C=O) groups is 3. The Morgan fingerprint density at radius 2 is 1.84 bits per heavy atom. The zero-order valence-electron chi connectivity index (χ0n) is 19.6. The number of halogens is 1. The molecule has 178 valence electrons. The number of ether oxygens (including phenoxy) is 1. The van der Waals surface area contributed by atoms with Gasteiger partial charge in [-0.2, -0.15) is 0 Å². The molecule has 0 heterocycles. The van der Waals surface area contributed by atoms with Crippen molar-refractivity contribution in [2.75, 3.05) is 20.7 Å². The molecule has 0 radical (unpaired) electrons. The molecule has 1 aliphatic carbocycles. The minimum atomic E-state index is -0.720. The zero-order chi connectivity index (χ0) is 23.7. The first-order chi connectivity index (χ1) is 15.1. The van der Waals surface area contributed by atoms with Crippen LogP contribution in [0.5, 0.6) is 0 Å². The molecular formula is C24H36ClN3O4. The van der Waals surface area contributed by atoms with Gasteiger partial charge in [-0.3, -0.25) is 9.59 Å².